The Labute approximate surface area is 220 Å². The van der Waals surface area contributed by atoms with Gasteiger partial charge in [-0.25, -0.2) is 0 Å². The average Bonchev–Trinajstić information content (AvgIpc) is 3.05. The minimum atomic E-state index is -0.882. The second-order valence-corrected chi connectivity index (χ2v) is 10.6. The Kier molecular flexibility index (Phi) is 8.97. The van der Waals surface area contributed by atoms with Crippen LogP contribution in [0.25, 0.3) is 0 Å². The summed E-state index contributed by atoms with van der Waals surface area (Å²) in [5.41, 5.74) is 4.34. The lowest BCUT2D eigenvalue weighted by molar-refractivity contribution is -0.136. The van der Waals surface area contributed by atoms with E-state index in [9.17, 15) is 9.90 Å². The van der Waals surface area contributed by atoms with Crippen molar-refractivity contribution in [2.45, 2.75) is 58.0 Å². The van der Waals surface area contributed by atoms with E-state index in [1.807, 2.05) is 24.3 Å². The number of rotatable bonds is 3. The molecule has 4 rings (SSSR count). The summed E-state index contributed by atoms with van der Waals surface area (Å²) in [6.45, 7) is 6.88. The molecule has 0 saturated heterocycles. The lowest BCUT2D eigenvalue weighted by Crippen LogP contribution is -2.34. The number of allylic oxidation sites excluding steroid dienone is 1. The molecule has 1 N–H and O–H groups in total. The van der Waals surface area contributed by atoms with Gasteiger partial charge in [0, 0.05) is 37.6 Å². The van der Waals surface area contributed by atoms with Crippen molar-refractivity contribution in [3.8, 4) is 5.75 Å². The molecule has 6 heteroatoms. The molecule has 2 bridgehead atoms. The first kappa shape index (κ1) is 26.6. The summed E-state index contributed by atoms with van der Waals surface area (Å²) in [6, 6.07) is 12.1. The van der Waals surface area contributed by atoms with Crippen LogP contribution < -0.4 is 9.64 Å². The van der Waals surface area contributed by atoms with Crippen molar-refractivity contribution in [1.82, 2.24) is 4.90 Å². The number of carbonyl (C=O) groups excluding carboxylic acids is 1. The van der Waals surface area contributed by atoms with Crippen molar-refractivity contribution in [2.24, 2.45) is 5.92 Å². The Morgan fingerprint density at radius 2 is 1.97 bits per heavy atom. The summed E-state index contributed by atoms with van der Waals surface area (Å²) < 4.78 is 6.38. The van der Waals surface area contributed by atoms with Crippen molar-refractivity contribution >= 4 is 23.2 Å². The molecule has 2 aliphatic rings. The standard InChI is InChI=1S/C30H39ClN2O3/c1-4-10-22-17-25(31)12-13-26(22)24-19-33-16-9-7-5-6-8-15-32(3)30(35)21(2)29(34)23-11-14-28(36-20-24)27(33)18-23/h6,8,11-14,17-18,21,24,29,34H,4-5,7,9-10,15-16,19-20H2,1-3H3/b8-6+. The average molecular weight is 511 g/mol. The van der Waals surface area contributed by atoms with Crippen molar-refractivity contribution in [2.75, 3.05) is 38.2 Å². The fraction of sp³-hybridized carbons (Fsp3) is 0.500. The number of benzene rings is 2. The molecular weight excluding hydrogens is 472 g/mol. The molecule has 194 valence electrons. The summed E-state index contributed by atoms with van der Waals surface area (Å²) in [4.78, 5) is 17.0. The molecule has 0 fully saturated rings. The molecule has 0 spiro atoms. The molecule has 2 aromatic rings. The first-order valence-corrected chi connectivity index (χ1v) is 13.6. The van der Waals surface area contributed by atoms with Crippen LogP contribution in [0, 0.1) is 5.92 Å². The highest BCUT2D eigenvalue weighted by Crippen LogP contribution is 2.39. The Bertz CT molecular complexity index is 1090. The van der Waals surface area contributed by atoms with Crippen LogP contribution in [0.3, 0.4) is 0 Å². The number of aliphatic hydroxyl groups excluding tert-OH is 1. The van der Waals surface area contributed by atoms with Gasteiger partial charge in [-0.3, -0.25) is 4.79 Å². The van der Waals surface area contributed by atoms with Crippen molar-refractivity contribution in [3.05, 3.63) is 70.3 Å². The van der Waals surface area contributed by atoms with Crippen LogP contribution in [-0.2, 0) is 11.2 Å². The molecule has 3 atom stereocenters. The van der Waals surface area contributed by atoms with E-state index >= 15 is 0 Å². The number of hydrogen-bond donors (Lipinski definition) is 1. The third-order valence-electron chi connectivity index (χ3n) is 7.44. The lowest BCUT2D eigenvalue weighted by Gasteiger charge is -2.29. The van der Waals surface area contributed by atoms with E-state index in [1.165, 1.54) is 11.1 Å². The van der Waals surface area contributed by atoms with Crippen LogP contribution in [0.4, 0.5) is 5.69 Å². The van der Waals surface area contributed by atoms with Crippen LogP contribution in [-0.4, -0.2) is 49.2 Å². The number of hydrogen-bond acceptors (Lipinski definition) is 4. The van der Waals surface area contributed by atoms with E-state index < -0.39 is 12.0 Å². The summed E-state index contributed by atoms with van der Waals surface area (Å²) in [5.74, 6) is 0.446. The van der Waals surface area contributed by atoms with E-state index in [0.29, 0.717) is 13.2 Å². The Morgan fingerprint density at radius 3 is 2.78 bits per heavy atom. The van der Waals surface area contributed by atoms with Gasteiger partial charge in [0.05, 0.1) is 24.3 Å². The number of amides is 1. The topological polar surface area (TPSA) is 53.0 Å². The third kappa shape index (κ3) is 6.07. The highest BCUT2D eigenvalue weighted by atomic mass is 35.5. The second-order valence-electron chi connectivity index (χ2n) is 10.2. The predicted octanol–water partition coefficient (Wildman–Crippen LogP) is 6.14. The Morgan fingerprint density at radius 1 is 1.14 bits per heavy atom. The number of carbonyl (C=O) groups is 1. The maximum Gasteiger partial charge on any atom is 0.228 e. The molecule has 0 saturated carbocycles. The zero-order valence-electron chi connectivity index (χ0n) is 21.8. The summed E-state index contributed by atoms with van der Waals surface area (Å²) >= 11 is 6.35. The first-order chi connectivity index (χ1) is 17.4. The van der Waals surface area contributed by atoms with Gasteiger partial charge in [-0.2, -0.15) is 0 Å². The summed E-state index contributed by atoms with van der Waals surface area (Å²) in [7, 11) is 1.80. The molecule has 3 unspecified atom stereocenters. The van der Waals surface area contributed by atoms with Crippen molar-refractivity contribution in [3.63, 3.8) is 0 Å². The molecule has 0 aliphatic carbocycles. The van der Waals surface area contributed by atoms with Gasteiger partial charge in [0.2, 0.25) is 5.91 Å². The third-order valence-corrected chi connectivity index (χ3v) is 7.68. The van der Waals surface area contributed by atoms with E-state index in [1.54, 1.807) is 18.9 Å². The molecule has 0 aromatic heterocycles. The van der Waals surface area contributed by atoms with Crippen LogP contribution in [0.2, 0.25) is 5.02 Å². The number of fused-ring (bicyclic) bond motifs is 1. The number of aryl methyl sites for hydroxylation is 1. The zero-order chi connectivity index (χ0) is 25.7. The molecular formula is C30H39ClN2O3. The summed E-state index contributed by atoms with van der Waals surface area (Å²) in [5, 5.41) is 11.9. The van der Waals surface area contributed by atoms with Gasteiger partial charge in [-0.15, -0.1) is 0 Å². The fourth-order valence-corrected chi connectivity index (χ4v) is 5.52. The van der Waals surface area contributed by atoms with Crippen molar-refractivity contribution in [1.29, 1.82) is 0 Å². The lowest BCUT2D eigenvalue weighted by atomic mass is 9.92. The van der Waals surface area contributed by atoms with E-state index in [-0.39, 0.29) is 11.8 Å². The van der Waals surface area contributed by atoms with Crippen LogP contribution in [0.5, 0.6) is 5.75 Å². The van der Waals surface area contributed by atoms with E-state index in [0.717, 1.165) is 67.2 Å². The van der Waals surface area contributed by atoms with E-state index in [2.05, 4.69) is 36.1 Å². The maximum absolute atomic E-state index is 12.9. The normalized spacial score (nSPS) is 24.4. The molecule has 1 amide bonds. The van der Waals surface area contributed by atoms with Crippen molar-refractivity contribution < 1.29 is 14.6 Å². The van der Waals surface area contributed by atoms with Crippen LogP contribution >= 0.6 is 11.6 Å². The first-order valence-electron chi connectivity index (χ1n) is 13.3. The molecule has 36 heavy (non-hydrogen) atoms. The smallest absolute Gasteiger partial charge is 0.228 e. The van der Waals surface area contributed by atoms with Gasteiger partial charge < -0.3 is 19.6 Å². The van der Waals surface area contributed by atoms with Crippen LogP contribution in [0.1, 0.15) is 68.2 Å². The van der Waals surface area contributed by atoms with Gasteiger partial charge in [-0.05, 0) is 66.6 Å². The number of aliphatic hydroxyl groups is 1. The predicted molar refractivity (Wildman–Crippen MR) is 147 cm³/mol. The minimum Gasteiger partial charge on any atom is -0.491 e. The van der Waals surface area contributed by atoms with Gasteiger partial charge >= 0.3 is 0 Å². The molecule has 2 heterocycles. The minimum absolute atomic E-state index is 0.0590. The SMILES string of the molecule is CCCc1cc(Cl)ccc1C1COc2ccc3cc2N(CCCC/C=C/CN(C)C(=O)C(C)C3O)C1. The van der Waals surface area contributed by atoms with E-state index in [4.69, 9.17) is 16.3 Å². The Balaban J connectivity index is 1.69. The second kappa shape index (κ2) is 12.2. The van der Waals surface area contributed by atoms with Gasteiger partial charge in [0.1, 0.15) is 5.75 Å². The quantitative estimate of drug-likeness (QED) is 0.504. The fourth-order valence-electron chi connectivity index (χ4n) is 5.33. The monoisotopic (exact) mass is 510 g/mol. The van der Waals surface area contributed by atoms with Gasteiger partial charge in [0.15, 0.2) is 0 Å². The number of likely N-dealkylation sites (N-methyl/N-ethyl adjacent to an activating group) is 1. The number of halogens is 1. The summed E-state index contributed by atoms with van der Waals surface area (Å²) in [6.07, 6.45) is 8.50. The van der Waals surface area contributed by atoms with Gasteiger partial charge in [-0.1, -0.05) is 56.2 Å². The zero-order valence-corrected chi connectivity index (χ0v) is 22.5. The molecule has 2 aliphatic heterocycles. The maximum atomic E-state index is 12.9. The van der Waals surface area contributed by atoms with Gasteiger partial charge in [0.25, 0.3) is 0 Å². The molecule has 0 radical (unpaired) electrons. The molecule has 2 aromatic carbocycles. The number of nitrogens with zero attached hydrogens (tertiary/aromatic N) is 2. The Hall–Kier alpha value is -2.50. The van der Waals surface area contributed by atoms with Crippen LogP contribution in [0.15, 0.2) is 48.6 Å². The number of anilines is 1. The number of ether oxygens (including phenoxy) is 1. The highest BCUT2D eigenvalue weighted by molar-refractivity contribution is 6.30. The highest BCUT2D eigenvalue weighted by Gasteiger charge is 2.30. The molecule has 5 nitrogen and oxygen atoms in total. The largest absolute Gasteiger partial charge is 0.491 e.